The highest BCUT2D eigenvalue weighted by molar-refractivity contribution is 5.77. The topological polar surface area (TPSA) is 87.7 Å². The van der Waals surface area contributed by atoms with Crippen LogP contribution in [0.2, 0.25) is 0 Å². The second-order valence-corrected chi connectivity index (χ2v) is 6.99. The van der Waals surface area contributed by atoms with Crippen molar-refractivity contribution < 1.29 is 19.4 Å². The maximum Gasteiger partial charge on any atom is 0.223 e. The van der Waals surface area contributed by atoms with E-state index < -0.39 is 12.2 Å². The molecule has 2 amide bonds. The predicted octanol–water partition coefficient (Wildman–Crippen LogP) is 1.29. The molecule has 6 nitrogen and oxygen atoms in total. The number of carbonyl (C=O) groups excluding carboxylic acids is 2. The molecule has 0 aromatic heterocycles. The third-order valence-electron chi connectivity index (χ3n) is 4.68. The molecule has 0 spiro atoms. The number of rotatable bonds is 8. The van der Waals surface area contributed by atoms with Gasteiger partial charge in [-0.2, -0.15) is 0 Å². The third-order valence-corrected chi connectivity index (χ3v) is 4.68. The van der Waals surface area contributed by atoms with E-state index >= 15 is 0 Å². The summed E-state index contributed by atoms with van der Waals surface area (Å²) < 4.78 is 5.78. The van der Waals surface area contributed by atoms with Gasteiger partial charge in [-0.1, -0.05) is 42.5 Å². The Bertz CT molecular complexity index is 642. The molecule has 1 saturated carbocycles. The average Bonchev–Trinajstić information content (AvgIpc) is 3.46. The van der Waals surface area contributed by atoms with Crippen molar-refractivity contribution in [2.45, 2.75) is 50.5 Å². The summed E-state index contributed by atoms with van der Waals surface area (Å²) in [7, 11) is 0. The van der Waals surface area contributed by atoms with Crippen LogP contribution >= 0.6 is 0 Å². The lowest BCUT2D eigenvalue weighted by Gasteiger charge is -2.31. The Morgan fingerprint density at radius 2 is 1.85 bits per heavy atom. The van der Waals surface area contributed by atoms with Crippen molar-refractivity contribution in [3.8, 4) is 0 Å². The number of nitrogens with one attached hydrogen (secondary N) is 2. The van der Waals surface area contributed by atoms with Crippen molar-refractivity contribution in [3.63, 3.8) is 0 Å². The Kier molecular flexibility index (Phi) is 6.41. The van der Waals surface area contributed by atoms with E-state index in [-0.39, 0.29) is 30.9 Å². The van der Waals surface area contributed by atoms with Gasteiger partial charge in [0.25, 0.3) is 0 Å². The highest BCUT2D eigenvalue weighted by Crippen LogP contribution is 2.32. The minimum absolute atomic E-state index is 0.0109. The Morgan fingerprint density at radius 3 is 2.54 bits per heavy atom. The van der Waals surface area contributed by atoms with E-state index in [1.807, 2.05) is 36.4 Å². The Labute approximate surface area is 153 Å². The van der Waals surface area contributed by atoms with Crippen LogP contribution in [0.25, 0.3) is 0 Å². The molecule has 0 unspecified atom stereocenters. The van der Waals surface area contributed by atoms with Crippen LogP contribution in [0, 0.1) is 5.92 Å². The highest BCUT2D eigenvalue weighted by Gasteiger charge is 2.31. The van der Waals surface area contributed by atoms with E-state index in [4.69, 9.17) is 4.74 Å². The highest BCUT2D eigenvalue weighted by atomic mass is 16.5. The number of carbonyl (C=O) groups is 2. The van der Waals surface area contributed by atoms with Crippen molar-refractivity contribution >= 4 is 11.8 Å². The molecule has 1 aliphatic carbocycles. The fourth-order valence-corrected chi connectivity index (χ4v) is 3.02. The summed E-state index contributed by atoms with van der Waals surface area (Å²) >= 11 is 0. The van der Waals surface area contributed by atoms with Gasteiger partial charge in [0.05, 0.1) is 25.2 Å². The SMILES string of the molecule is O=C(C[C@H]1C=C[C@@H](NC(=O)CC2CC2)[C@H](CO)O1)NCc1ccccc1. The van der Waals surface area contributed by atoms with Gasteiger partial charge >= 0.3 is 0 Å². The predicted molar refractivity (Wildman–Crippen MR) is 97.1 cm³/mol. The number of benzene rings is 1. The average molecular weight is 358 g/mol. The molecule has 1 aromatic rings. The van der Waals surface area contributed by atoms with Crippen molar-refractivity contribution in [2.24, 2.45) is 5.92 Å². The standard InChI is InChI=1S/C20H26N2O4/c23-13-18-17(22-20(25)10-14-6-7-14)9-8-16(26-18)11-19(24)21-12-15-4-2-1-3-5-15/h1-5,8-9,14,16-18,23H,6-7,10-13H2,(H,21,24)(H,22,25)/t16-,17-,18+/m1/s1. The van der Waals surface area contributed by atoms with Crippen molar-refractivity contribution in [3.05, 3.63) is 48.0 Å². The molecular weight excluding hydrogens is 332 g/mol. The summed E-state index contributed by atoms with van der Waals surface area (Å²) in [5.41, 5.74) is 1.03. The number of hydrogen-bond acceptors (Lipinski definition) is 4. The summed E-state index contributed by atoms with van der Waals surface area (Å²) in [6.07, 6.45) is 5.63. The van der Waals surface area contributed by atoms with E-state index in [0.717, 1.165) is 18.4 Å². The molecule has 3 atom stereocenters. The molecule has 1 fully saturated rings. The molecule has 1 aliphatic heterocycles. The van der Waals surface area contributed by atoms with E-state index in [1.54, 1.807) is 6.08 Å². The monoisotopic (exact) mass is 358 g/mol. The van der Waals surface area contributed by atoms with Crippen molar-refractivity contribution in [1.29, 1.82) is 0 Å². The van der Waals surface area contributed by atoms with Gasteiger partial charge in [-0.15, -0.1) is 0 Å². The molecule has 2 aliphatic rings. The first kappa shape index (κ1) is 18.6. The fourth-order valence-electron chi connectivity index (χ4n) is 3.02. The van der Waals surface area contributed by atoms with Gasteiger partial charge in [0, 0.05) is 13.0 Å². The fraction of sp³-hybridized carbons (Fsp3) is 0.500. The van der Waals surface area contributed by atoms with E-state index in [0.29, 0.717) is 18.9 Å². The molecule has 0 bridgehead atoms. The quantitative estimate of drug-likeness (QED) is 0.611. The lowest BCUT2D eigenvalue weighted by atomic mass is 10.0. The maximum absolute atomic E-state index is 12.1. The van der Waals surface area contributed by atoms with Crippen LogP contribution in [-0.2, 0) is 20.9 Å². The van der Waals surface area contributed by atoms with Crippen molar-refractivity contribution in [1.82, 2.24) is 10.6 Å². The van der Waals surface area contributed by atoms with Crippen LogP contribution in [0.1, 0.15) is 31.2 Å². The van der Waals surface area contributed by atoms with Gasteiger partial charge in [0.1, 0.15) is 6.10 Å². The number of aliphatic hydroxyl groups excluding tert-OH is 1. The molecule has 0 saturated heterocycles. The zero-order valence-corrected chi connectivity index (χ0v) is 14.8. The second-order valence-electron chi connectivity index (χ2n) is 6.99. The molecule has 0 radical (unpaired) electrons. The second kappa shape index (κ2) is 8.96. The molecular formula is C20H26N2O4. The largest absolute Gasteiger partial charge is 0.394 e. The molecule has 1 aromatic carbocycles. The van der Waals surface area contributed by atoms with Gasteiger partial charge in [-0.05, 0) is 24.3 Å². The van der Waals surface area contributed by atoms with Gasteiger partial charge in [0.2, 0.25) is 11.8 Å². The molecule has 3 rings (SSSR count). The summed E-state index contributed by atoms with van der Waals surface area (Å²) in [5.74, 6) is 0.386. The number of hydrogen-bond donors (Lipinski definition) is 3. The Morgan fingerprint density at radius 1 is 1.08 bits per heavy atom. The van der Waals surface area contributed by atoms with Gasteiger partial charge in [0.15, 0.2) is 0 Å². The first-order chi connectivity index (χ1) is 12.6. The molecule has 26 heavy (non-hydrogen) atoms. The van der Waals surface area contributed by atoms with Crippen LogP contribution in [0.4, 0.5) is 0 Å². The number of aliphatic hydroxyl groups is 1. The number of amides is 2. The zero-order chi connectivity index (χ0) is 18.4. The molecule has 6 heteroatoms. The summed E-state index contributed by atoms with van der Waals surface area (Å²) in [5, 5.41) is 15.3. The van der Waals surface area contributed by atoms with Crippen molar-refractivity contribution in [2.75, 3.05) is 6.61 Å². The lowest BCUT2D eigenvalue weighted by molar-refractivity contribution is -0.128. The van der Waals surface area contributed by atoms with Crippen LogP contribution in [0.15, 0.2) is 42.5 Å². The van der Waals surface area contributed by atoms with E-state index in [2.05, 4.69) is 10.6 Å². The third kappa shape index (κ3) is 5.68. The minimum atomic E-state index is -0.532. The van der Waals surface area contributed by atoms with Crippen LogP contribution in [0.3, 0.4) is 0 Å². The van der Waals surface area contributed by atoms with Gasteiger partial charge in [-0.25, -0.2) is 0 Å². The Balaban J connectivity index is 1.45. The van der Waals surface area contributed by atoms with E-state index in [1.165, 1.54) is 0 Å². The van der Waals surface area contributed by atoms with Crippen LogP contribution in [0.5, 0.6) is 0 Å². The smallest absolute Gasteiger partial charge is 0.223 e. The summed E-state index contributed by atoms with van der Waals surface area (Å²) in [4.78, 5) is 24.1. The molecule has 140 valence electrons. The summed E-state index contributed by atoms with van der Waals surface area (Å²) in [6, 6.07) is 9.34. The van der Waals surface area contributed by atoms with Crippen LogP contribution in [-0.4, -0.2) is 41.8 Å². The lowest BCUT2D eigenvalue weighted by Crippen LogP contribution is -2.49. The number of ether oxygens (including phenoxy) is 1. The first-order valence-corrected chi connectivity index (χ1v) is 9.18. The summed E-state index contributed by atoms with van der Waals surface area (Å²) in [6.45, 7) is 0.264. The first-order valence-electron chi connectivity index (χ1n) is 9.18. The van der Waals surface area contributed by atoms with E-state index in [9.17, 15) is 14.7 Å². The maximum atomic E-state index is 12.1. The van der Waals surface area contributed by atoms with Gasteiger partial charge in [-0.3, -0.25) is 9.59 Å². The normalized spacial score (nSPS) is 24.9. The molecule has 1 heterocycles. The zero-order valence-electron chi connectivity index (χ0n) is 14.8. The minimum Gasteiger partial charge on any atom is -0.394 e. The molecule has 3 N–H and O–H groups in total. The van der Waals surface area contributed by atoms with Gasteiger partial charge < -0.3 is 20.5 Å². The van der Waals surface area contributed by atoms with Crippen LogP contribution < -0.4 is 10.6 Å². The Hall–Kier alpha value is -2.18.